The van der Waals surface area contributed by atoms with Gasteiger partial charge in [0.2, 0.25) is 17.8 Å². The van der Waals surface area contributed by atoms with E-state index in [4.69, 9.17) is 27.9 Å². The molecule has 0 spiro atoms. The summed E-state index contributed by atoms with van der Waals surface area (Å²) in [6, 6.07) is 11.1. The third-order valence-electron chi connectivity index (χ3n) is 4.57. The van der Waals surface area contributed by atoms with Crippen molar-refractivity contribution in [2.24, 2.45) is 5.10 Å². The summed E-state index contributed by atoms with van der Waals surface area (Å²) in [7, 11) is 0. The molecule has 1 aliphatic heterocycles. The van der Waals surface area contributed by atoms with Gasteiger partial charge in [-0.15, -0.1) is 0 Å². The molecule has 170 valence electrons. The number of hydrazone groups is 1. The molecule has 2 N–H and O–H groups in total. The number of nitrogens with zero attached hydrogens (tertiary/aromatic N) is 6. The van der Waals surface area contributed by atoms with Gasteiger partial charge in [0, 0.05) is 30.9 Å². The van der Waals surface area contributed by atoms with Crippen LogP contribution in [-0.2, 0) is 4.74 Å². The summed E-state index contributed by atoms with van der Waals surface area (Å²) in [6.07, 6.45) is 1.56. The summed E-state index contributed by atoms with van der Waals surface area (Å²) in [5.41, 5.74) is 4.12. The van der Waals surface area contributed by atoms with Gasteiger partial charge in [-0.2, -0.15) is 20.1 Å². The van der Waals surface area contributed by atoms with E-state index >= 15 is 0 Å². The van der Waals surface area contributed by atoms with Crippen LogP contribution in [0.1, 0.15) is 5.56 Å². The van der Waals surface area contributed by atoms with E-state index in [0.29, 0.717) is 48.0 Å². The number of aromatic nitrogens is 3. The summed E-state index contributed by atoms with van der Waals surface area (Å²) in [5.74, 6) is 0.921. The van der Waals surface area contributed by atoms with Crippen molar-refractivity contribution in [1.29, 1.82) is 0 Å². The van der Waals surface area contributed by atoms with E-state index in [-0.39, 0.29) is 17.6 Å². The van der Waals surface area contributed by atoms with E-state index in [0.717, 1.165) is 5.56 Å². The zero-order chi connectivity index (χ0) is 23.2. The molecule has 0 radical (unpaired) electrons. The lowest BCUT2D eigenvalue weighted by Gasteiger charge is -2.27. The van der Waals surface area contributed by atoms with Crippen LogP contribution >= 0.6 is 23.2 Å². The number of nitrogens with one attached hydrogen (secondary N) is 2. The number of nitro benzene ring substituents is 1. The predicted octanol–water partition coefficient (Wildman–Crippen LogP) is 4.11. The molecule has 2 aromatic carbocycles. The average Bonchev–Trinajstić information content (AvgIpc) is 2.82. The number of hydrogen-bond acceptors (Lipinski definition) is 10. The Morgan fingerprint density at radius 3 is 2.45 bits per heavy atom. The van der Waals surface area contributed by atoms with Gasteiger partial charge in [0.15, 0.2) is 0 Å². The molecule has 3 aromatic rings. The van der Waals surface area contributed by atoms with E-state index in [1.807, 2.05) is 4.90 Å². The highest BCUT2D eigenvalue weighted by Crippen LogP contribution is 2.23. The quantitative estimate of drug-likeness (QED) is 0.286. The summed E-state index contributed by atoms with van der Waals surface area (Å²) in [6.45, 7) is 2.39. The van der Waals surface area contributed by atoms with Gasteiger partial charge in [-0.25, -0.2) is 5.43 Å². The highest BCUT2D eigenvalue weighted by atomic mass is 35.5. The van der Waals surface area contributed by atoms with Gasteiger partial charge in [-0.05, 0) is 29.8 Å². The first-order valence-corrected chi connectivity index (χ1v) is 10.6. The Bertz CT molecular complexity index is 1170. The van der Waals surface area contributed by atoms with E-state index < -0.39 is 4.92 Å². The second kappa shape index (κ2) is 10.4. The van der Waals surface area contributed by atoms with E-state index in [1.165, 1.54) is 12.1 Å². The first kappa shape index (κ1) is 22.6. The number of ether oxygens (including phenoxy) is 1. The maximum Gasteiger partial charge on any atom is 0.269 e. The number of benzene rings is 2. The summed E-state index contributed by atoms with van der Waals surface area (Å²) in [4.78, 5) is 25.7. The van der Waals surface area contributed by atoms with Crippen LogP contribution in [0.2, 0.25) is 10.0 Å². The minimum absolute atomic E-state index is 0.0100. The zero-order valence-corrected chi connectivity index (χ0v) is 18.6. The smallest absolute Gasteiger partial charge is 0.269 e. The molecule has 4 rings (SSSR count). The molecule has 0 unspecified atom stereocenters. The van der Waals surface area contributed by atoms with Gasteiger partial charge in [-0.1, -0.05) is 29.3 Å². The third kappa shape index (κ3) is 6.04. The van der Waals surface area contributed by atoms with Gasteiger partial charge < -0.3 is 15.0 Å². The van der Waals surface area contributed by atoms with Crippen molar-refractivity contribution >= 4 is 58.6 Å². The Kier molecular flexibility index (Phi) is 7.13. The molecule has 11 nitrogen and oxygen atoms in total. The number of anilines is 4. The molecule has 1 saturated heterocycles. The predicted molar refractivity (Wildman–Crippen MR) is 127 cm³/mol. The molecule has 1 aromatic heterocycles. The fourth-order valence-corrected chi connectivity index (χ4v) is 3.23. The van der Waals surface area contributed by atoms with E-state index in [2.05, 4.69) is 30.8 Å². The zero-order valence-electron chi connectivity index (χ0n) is 17.1. The molecule has 0 amide bonds. The lowest BCUT2D eigenvalue weighted by molar-refractivity contribution is -0.384. The topological polar surface area (TPSA) is 131 Å². The van der Waals surface area contributed by atoms with Crippen molar-refractivity contribution in [2.45, 2.75) is 0 Å². The molecule has 0 saturated carbocycles. The minimum Gasteiger partial charge on any atom is -0.378 e. The Morgan fingerprint density at radius 2 is 1.76 bits per heavy atom. The molecule has 13 heteroatoms. The van der Waals surface area contributed by atoms with Crippen LogP contribution in [0.4, 0.5) is 29.2 Å². The van der Waals surface area contributed by atoms with Gasteiger partial charge >= 0.3 is 0 Å². The van der Waals surface area contributed by atoms with Crippen molar-refractivity contribution < 1.29 is 9.66 Å². The number of nitro groups is 1. The Morgan fingerprint density at radius 1 is 1.03 bits per heavy atom. The number of morpholine rings is 1. The van der Waals surface area contributed by atoms with Gasteiger partial charge in [0.25, 0.3) is 5.69 Å². The second-order valence-electron chi connectivity index (χ2n) is 6.85. The van der Waals surface area contributed by atoms with E-state index in [1.54, 1.807) is 36.5 Å². The fraction of sp³-hybridized carbons (Fsp3) is 0.200. The van der Waals surface area contributed by atoms with Crippen LogP contribution in [-0.4, -0.2) is 52.4 Å². The molecule has 0 aliphatic carbocycles. The average molecular weight is 489 g/mol. The molecule has 1 fully saturated rings. The molecule has 1 aliphatic rings. The number of hydrogen-bond donors (Lipinski definition) is 2. The molecular weight excluding hydrogens is 471 g/mol. The van der Waals surface area contributed by atoms with Crippen molar-refractivity contribution in [1.82, 2.24) is 15.0 Å². The fourth-order valence-electron chi connectivity index (χ4n) is 2.93. The van der Waals surface area contributed by atoms with Gasteiger partial charge in [0.05, 0.1) is 34.4 Å². The summed E-state index contributed by atoms with van der Waals surface area (Å²) in [5, 5.41) is 19.0. The van der Waals surface area contributed by atoms with Crippen molar-refractivity contribution in [3.8, 4) is 0 Å². The lowest BCUT2D eigenvalue weighted by Crippen LogP contribution is -2.37. The molecule has 0 bridgehead atoms. The van der Waals surface area contributed by atoms with Crippen LogP contribution in [0, 0.1) is 10.1 Å². The largest absolute Gasteiger partial charge is 0.378 e. The van der Waals surface area contributed by atoms with Crippen molar-refractivity contribution in [3.05, 3.63) is 68.2 Å². The van der Waals surface area contributed by atoms with Crippen molar-refractivity contribution in [3.63, 3.8) is 0 Å². The van der Waals surface area contributed by atoms with E-state index in [9.17, 15) is 10.1 Å². The Hall–Kier alpha value is -3.54. The van der Waals surface area contributed by atoms with Crippen LogP contribution in [0.15, 0.2) is 47.6 Å². The summed E-state index contributed by atoms with van der Waals surface area (Å²) < 4.78 is 5.40. The van der Waals surface area contributed by atoms with Gasteiger partial charge in [0.1, 0.15) is 0 Å². The second-order valence-corrected chi connectivity index (χ2v) is 7.67. The van der Waals surface area contributed by atoms with Gasteiger partial charge in [-0.3, -0.25) is 10.1 Å². The standard InChI is InChI=1S/C20H18Cl2N8O3/c21-16-6-1-13(11-17(16)22)12-23-28-19-25-18(24-14-2-4-15(5-3-14)30(31)32)26-20(27-19)29-7-9-33-10-8-29/h1-6,11-12H,7-10H2,(H2,24,25,26,27,28). The first-order valence-electron chi connectivity index (χ1n) is 9.82. The maximum atomic E-state index is 10.9. The molecule has 2 heterocycles. The third-order valence-corrected chi connectivity index (χ3v) is 5.31. The van der Waals surface area contributed by atoms with Crippen LogP contribution in [0.25, 0.3) is 0 Å². The van der Waals surface area contributed by atoms with Crippen LogP contribution < -0.4 is 15.6 Å². The minimum atomic E-state index is -0.461. The molecule has 0 atom stereocenters. The number of halogens is 2. The monoisotopic (exact) mass is 488 g/mol. The number of rotatable bonds is 7. The summed E-state index contributed by atoms with van der Waals surface area (Å²) >= 11 is 12.0. The molecular formula is C20H18Cl2N8O3. The SMILES string of the molecule is O=[N+]([O-])c1ccc(Nc2nc(NN=Cc3ccc(Cl)c(Cl)c3)nc(N3CCOCC3)n2)cc1. The Balaban J connectivity index is 1.56. The normalized spacial score (nSPS) is 13.8. The van der Waals surface area contributed by atoms with Crippen LogP contribution in [0.5, 0.6) is 0 Å². The highest BCUT2D eigenvalue weighted by Gasteiger charge is 2.17. The molecule has 33 heavy (non-hydrogen) atoms. The number of non-ortho nitro benzene ring substituents is 1. The first-order chi connectivity index (χ1) is 16.0. The maximum absolute atomic E-state index is 10.9. The Labute approximate surface area is 198 Å². The lowest BCUT2D eigenvalue weighted by atomic mass is 10.2. The van der Waals surface area contributed by atoms with Crippen LogP contribution in [0.3, 0.4) is 0 Å². The van der Waals surface area contributed by atoms with Crippen molar-refractivity contribution in [2.75, 3.05) is 41.9 Å². The highest BCUT2D eigenvalue weighted by molar-refractivity contribution is 6.42.